The van der Waals surface area contributed by atoms with Gasteiger partial charge in [-0.15, -0.1) is 11.6 Å². The molecule has 1 rings (SSSR count). The highest BCUT2D eigenvalue weighted by atomic mass is 35.5. The Hall–Kier alpha value is 0.0700. The molecular weight excluding hydrogens is 246 g/mol. The van der Waals surface area contributed by atoms with Crippen LogP contribution in [0.25, 0.3) is 0 Å². The molecule has 1 aliphatic heterocycles. The van der Waals surface area contributed by atoms with E-state index in [1.54, 1.807) is 7.11 Å². The lowest BCUT2D eigenvalue weighted by molar-refractivity contribution is -0.133. The predicted molar refractivity (Wildman–Crippen MR) is 69.3 cm³/mol. The molecule has 3 nitrogen and oxygen atoms in total. The lowest BCUT2D eigenvalue weighted by Crippen LogP contribution is -2.42. The summed E-state index contributed by atoms with van der Waals surface area (Å²) in [6.07, 6.45) is 2.44. The zero-order chi connectivity index (χ0) is 11.8. The number of hydrogen-bond donors (Lipinski definition) is 0. The Morgan fingerprint density at radius 3 is 3.00 bits per heavy atom. The smallest absolute Gasteiger partial charge is 0.222 e. The van der Waals surface area contributed by atoms with Crippen LogP contribution in [0.4, 0.5) is 0 Å². The standard InChI is InChI=1S/C11H20ClNO2S/c1-15-7-6-13(10-4-8-16-9-10)11(14)3-2-5-12/h10H,2-9H2,1H3. The second-order valence-corrected chi connectivity index (χ2v) is 5.42. The van der Waals surface area contributed by atoms with Crippen molar-refractivity contribution in [3.63, 3.8) is 0 Å². The molecule has 1 atom stereocenters. The van der Waals surface area contributed by atoms with Crippen LogP contribution in [0.15, 0.2) is 0 Å². The molecule has 0 spiro atoms. The average Bonchev–Trinajstić information content (AvgIpc) is 2.80. The lowest BCUT2D eigenvalue weighted by atomic mass is 10.2. The Bertz CT molecular complexity index is 210. The number of carbonyl (C=O) groups is 1. The van der Waals surface area contributed by atoms with E-state index in [1.807, 2.05) is 16.7 Å². The van der Waals surface area contributed by atoms with Gasteiger partial charge in [0.2, 0.25) is 5.91 Å². The van der Waals surface area contributed by atoms with Crippen molar-refractivity contribution in [2.75, 3.05) is 37.6 Å². The number of amides is 1. The summed E-state index contributed by atoms with van der Waals surface area (Å²) in [5.41, 5.74) is 0. The van der Waals surface area contributed by atoms with Crippen LogP contribution in [0.1, 0.15) is 19.3 Å². The maximum Gasteiger partial charge on any atom is 0.222 e. The van der Waals surface area contributed by atoms with Crippen molar-refractivity contribution in [1.29, 1.82) is 0 Å². The number of hydrogen-bond acceptors (Lipinski definition) is 3. The monoisotopic (exact) mass is 265 g/mol. The summed E-state index contributed by atoms with van der Waals surface area (Å²) >= 11 is 7.54. The van der Waals surface area contributed by atoms with Gasteiger partial charge in [0.25, 0.3) is 0 Å². The number of halogens is 1. The van der Waals surface area contributed by atoms with Crippen molar-refractivity contribution in [1.82, 2.24) is 4.90 Å². The topological polar surface area (TPSA) is 29.5 Å². The number of ether oxygens (including phenoxy) is 1. The third kappa shape index (κ3) is 4.52. The zero-order valence-corrected chi connectivity index (χ0v) is 11.4. The van der Waals surface area contributed by atoms with Gasteiger partial charge in [-0.3, -0.25) is 4.79 Å². The first-order chi connectivity index (χ1) is 7.79. The Morgan fingerprint density at radius 2 is 2.44 bits per heavy atom. The summed E-state index contributed by atoms with van der Waals surface area (Å²) in [5, 5.41) is 0. The minimum Gasteiger partial charge on any atom is -0.383 e. The summed E-state index contributed by atoms with van der Waals surface area (Å²) in [6.45, 7) is 1.33. The minimum absolute atomic E-state index is 0.227. The minimum atomic E-state index is 0.227. The lowest BCUT2D eigenvalue weighted by Gasteiger charge is -2.28. The fourth-order valence-electron chi connectivity index (χ4n) is 1.83. The van der Waals surface area contributed by atoms with Crippen LogP contribution in [0.2, 0.25) is 0 Å². The van der Waals surface area contributed by atoms with E-state index in [1.165, 1.54) is 0 Å². The largest absolute Gasteiger partial charge is 0.383 e. The van der Waals surface area contributed by atoms with Crippen LogP contribution in [-0.4, -0.2) is 54.5 Å². The van der Waals surface area contributed by atoms with Crippen molar-refractivity contribution in [3.05, 3.63) is 0 Å². The summed E-state index contributed by atoms with van der Waals surface area (Å²) in [6, 6.07) is 0.406. The van der Waals surface area contributed by atoms with Crippen molar-refractivity contribution < 1.29 is 9.53 Å². The molecule has 0 radical (unpaired) electrons. The highest BCUT2D eigenvalue weighted by Crippen LogP contribution is 2.23. The summed E-state index contributed by atoms with van der Waals surface area (Å²) in [5.74, 6) is 3.02. The van der Waals surface area contributed by atoms with Gasteiger partial charge in [0.15, 0.2) is 0 Å². The first-order valence-electron chi connectivity index (χ1n) is 5.71. The van der Waals surface area contributed by atoms with Crippen molar-refractivity contribution >= 4 is 29.3 Å². The van der Waals surface area contributed by atoms with E-state index >= 15 is 0 Å². The molecule has 1 heterocycles. The maximum absolute atomic E-state index is 12.0. The number of rotatable bonds is 7. The first-order valence-corrected chi connectivity index (χ1v) is 7.40. The third-order valence-corrected chi connectivity index (χ3v) is 4.14. The molecule has 16 heavy (non-hydrogen) atoms. The van der Waals surface area contributed by atoms with Crippen LogP contribution in [0.3, 0.4) is 0 Å². The molecule has 1 saturated heterocycles. The van der Waals surface area contributed by atoms with E-state index in [0.717, 1.165) is 24.3 Å². The Balaban J connectivity index is 2.44. The van der Waals surface area contributed by atoms with Gasteiger partial charge in [-0.2, -0.15) is 11.8 Å². The van der Waals surface area contributed by atoms with Crippen LogP contribution in [-0.2, 0) is 9.53 Å². The number of carbonyl (C=O) groups excluding carboxylic acids is 1. The molecular formula is C11H20ClNO2S. The quantitative estimate of drug-likeness (QED) is 0.660. The van der Waals surface area contributed by atoms with Crippen LogP contribution in [0.5, 0.6) is 0 Å². The molecule has 0 saturated carbocycles. The van der Waals surface area contributed by atoms with Gasteiger partial charge in [0, 0.05) is 37.8 Å². The first kappa shape index (κ1) is 14.1. The van der Waals surface area contributed by atoms with Gasteiger partial charge in [0.05, 0.1) is 6.61 Å². The SMILES string of the molecule is COCCN(C(=O)CCCCl)C1CCSC1. The van der Waals surface area contributed by atoms with Gasteiger partial charge < -0.3 is 9.64 Å². The molecule has 1 aliphatic rings. The molecule has 0 aromatic rings. The van der Waals surface area contributed by atoms with Gasteiger partial charge in [-0.25, -0.2) is 0 Å². The highest BCUT2D eigenvalue weighted by Gasteiger charge is 2.26. The number of methoxy groups -OCH3 is 1. The fourth-order valence-corrected chi connectivity index (χ4v) is 3.19. The van der Waals surface area contributed by atoms with Crippen molar-refractivity contribution in [2.24, 2.45) is 0 Å². The maximum atomic E-state index is 12.0. The van der Waals surface area contributed by atoms with Crippen molar-refractivity contribution in [2.45, 2.75) is 25.3 Å². The second-order valence-electron chi connectivity index (χ2n) is 3.89. The number of thioether (sulfide) groups is 1. The summed E-state index contributed by atoms with van der Waals surface area (Å²) < 4.78 is 5.06. The van der Waals surface area contributed by atoms with Crippen LogP contribution in [0, 0.1) is 0 Å². The van der Waals surface area contributed by atoms with E-state index in [9.17, 15) is 4.79 Å². The Morgan fingerprint density at radius 1 is 1.62 bits per heavy atom. The van der Waals surface area contributed by atoms with Crippen molar-refractivity contribution in [3.8, 4) is 0 Å². The zero-order valence-electron chi connectivity index (χ0n) is 9.78. The molecule has 0 bridgehead atoms. The Labute approximate surface area is 107 Å². The van der Waals surface area contributed by atoms with E-state index in [4.69, 9.17) is 16.3 Å². The molecule has 94 valence electrons. The van der Waals surface area contributed by atoms with Crippen LogP contribution >= 0.6 is 23.4 Å². The molecule has 0 aromatic heterocycles. The average molecular weight is 266 g/mol. The second kappa shape index (κ2) is 8.20. The normalized spacial score (nSPS) is 20.0. The summed E-state index contributed by atoms with van der Waals surface area (Å²) in [4.78, 5) is 14.0. The van der Waals surface area contributed by atoms with E-state index in [0.29, 0.717) is 31.5 Å². The van der Waals surface area contributed by atoms with Gasteiger partial charge in [0.1, 0.15) is 0 Å². The van der Waals surface area contributed by atoms with Gasteiger partial charge in [-0.05, 0) is 18.6 Å². The molecule has 0 N–H and O–H groups in total. The molecule has 1 unspecified atom stereocenters. The van der Waals surface area contributed by atoms with E-state index in [2.05, 4.69) is 0 Å². The fraction of sp³-hybridized carbons (Fsp3) is 0.909. The van der Waals surface area contributed by atoms with Gasteiger partial charge >= 0.3 is 0 Å². The van der Waals surface area contributed by atoms with Crippen LogP contribution < -0.4 is 0 Å². The molecule has 1 fully saturated rings. The van der Waals surface area contributed by atoms with Gasteiger partial charge in [-0.1, -0.05) is 0 Å². The molecule has 5 heteroatoms. The molecule has 0 aromatic carbocycles. The van der Waals surface area contributed by atoms with E-state index in [-0.39, 0.29) is 5.91 Å². The number of nitrogens with zero attached hydrogens (tertiary/aromatic N) is 1. The Kier molecular flexibility index (Phi) is 7.25. The summed E-state index contributed by atoms with van der Waals surface area (Å²) in [7, 11) is 1.67. The highest BCUT2D eigenvalue weighted by molar-refractivity contribution is 7.99. The molecule has 0 aliphatic carbocycles. The predicted octanol–water partition coefficient (Wildman–Crippen LogP) is 1.99. The molecule has 1 amide bonds. The third-order valence-electron chi connectivity index (χ3n) is 2.73. The van der Waals surface area contributed by atoms with E-state index < -0.39 is 0 Å². The number of alkyl halides is 1.